The van der Waals surface area contributed by atoms with Crippen LogP contribution in [-0.2, 0) is 6.54 Å². The highest BCUT2D eigenvalue weighted by atomic mass is 32.1. The highest BCUT2D eigenvalue weighted by Gasteiger charge is 2.28. The summed E-state index contributed by atoms with van der Waals surface area (Å²) in [6.07, 6.45) is 5.42. The molecular weight excluding hydrogens is 254 g/mol. The van der Waals surface area contributed by atoms with Crippen molar-refractivity contribution in [1.29, 1.82) is 0 Å². The molecule has 1 aliphatic rings. The standard InChI is InChI=1S/C15H25N3S/c1-12-6-9-19-13(12)10-17-14(16-3)18-11-15(2)7-4-5-8-15/h6,9H,4-5,7-8,10-11H2,1-3H3,(H2,16,17,18). The molecule has 1 aromatic rings. The molecule has 0 radical (unpaired) electrons. The number of hydrogen-bond donors (Lipinski definition) is 2. The summed E-state index contributed by atoms with van der Waals surface area (Å²) in [7, 11) is 1.84. The first-order valence-corrected chi connectivity index (χ1v) is 7.98. The maximum atomic E-state index is 4.31. The van der Waals surface area contributed by atoms with Gasteiger partial charge in [0.1, 0.15) is 0 Å². The van der Waals surface area contributed by atoms with E-state index in [0.29, 0.717) is 5.41 Å². The molecule has 0 aromatic carbocycles. The number of hydrogen-bond acceptors (Lipinski definition) is 2. The Hall–Kier alpha value is -1.03. The molecule has 0 spiro atoms. The summed E-state index contributed by atoms with van der Waals surface area (Å²) in [5.74, 6) is 0.918. The molecule has 0 amide bonds. The van der Waals surface area contributed by atoms with E-state index >= 15 is 0 Å². The van der Waals surface area contributed by atoms with Gasteiger partial charge in [-0.1, -0.05) is 19.8 Å². The Bertz CT molecular complexity index is 430. The Labute approximate surface area is 120 Å². The number of aliphatic imine (C=N–C) groups is 1. The van der Waals surface area contributed by atoms with Crippen LogP contribution in [0.15, 0.2) is 16.4 Å². The molecule has 0 aliphatic heterocycles. The first kappa shape index (κ1) is 14.4. The molecule has 19 heavy (non-hydrogen) atoms. The number of nitrogens with zero attached hydrogens (tertiary/aromatic N) is 1. The van der Waals surface area contributed by atoms with Gasteiger partial charge >= 0.3 is 0 Å². The minimum Gasteiger partial charge on any atom is -0.356 e. The topological polar surface area (TPSA) is 36.4 Å². The van der Waals surface area contributed by atoms with Crippen LogP contribution in [-0.4, -0.2) is 19.6 Å². The van der Waals surface area contributed by atoms with Gasteiger partial charge in [0.25, 0.3) is 0 Å². The van der Waals surface area contributed by atoms with Crippen LogP contribution >= 0.6 is 11.3 Å². The van der Waals surface area contributed by atoms with E-state index in [1.165, 1.54) is 36.1 Å². The van der Waals surface area contributed by atoms with E-state index in [4.69, 9.17) is 0 Å². The minimum atomic E-state index is 0.455. The Morgan fingerprint density at radius 1 is 1.37 bits per heavy atom. The van der Waals surface area contributed by atoms with Gasteiger partial charge in [0.2, 0.25) is 0 Å². The van der Waals surface area contributed by atoms with E-state index in [1.807, 2.05) is 7.05 Å². The van der Waals surface area contributed by atoms with E-state index in [1.54, 1.807) is 11.3 Å². The average molecular weight is 279 g/mol. The van der Waals surface area contributed by atoms with Crippen LogP contribution in [0.5, 0.6) is 0 Å². The maximum absolute atomic E-state index is 4.31. The van der Waals surface area contributed by atoms with Gasteiger partial charge in [-0.25, -0.2) is 0 Å². The lowest BCUT2D eigenvalue weighted by atomic mass is 9.89. The molecule has 0 unspecified atom stereocenters. The lowest BCUT2D eigenvalue weighted by molar-refractivity contribution is 0.334. The fourth-order valence-electron chi connectivity index (χ4n) is 2.67. The van der Waals surface area contributed by atoms with Gasteiger partial charge in [0.15, 0.2) is 5.96 Å². The molecule has 1 aliphatic carbocycles. The van der Waals surface area contributed by atoms with E-state index in [0.717, 1.165) is 19.0 Å². The highest BCUT2D eigenvalue weighted by Crippen LogP contribution is 2.36. The first-order valence-electron chi connectivity index (χ1n) is 7.10. The van der Waals surface area contributed by atoms with Crippen molar-refractivity contribution in [3.05, 3.63) is 21.9 Å². The average Bonchev–Trinajstić information content (AvgIpc) is 3.00. The quantitative estimate of drug-likeness (QED) is 0.655. The van der Waals surface area contributed by atoms with Gasteiger partial charge in [-0.2, -0.15) is 0 Å². The number of nitrogens with one attached hydrogen (secondary N) is 2. The minimum absolute atomic E-state index is 0.455. The molecule has 1 fully saturated rings. The molecule has 0 bridgehead atoms. The van der Waals surface area contributed by atoms with Crippen LogP contribution in [0.4, 0.5) is 0 Å². The molecule has 2 N–H and O–H groups in total. The van der Waals surface area contributed by atoms with Crippen molar-refractivity contribution in [3.8, 4) is 0 Å². The SMILES string of the molecule is CN=C(NCc1sccc1C)NCC1(C)CCCC1. The zero-order valence-electron chi connectivity index (χ0n) is 12.3. The Morgan fingerprint density at radius 3 is 2.68 bits per heavy atom. The van der Waals surface area contributed by atoms with Crippen LogP contribution in [0.1, 0.15) is 43.0 Å². The summed E-state index contributed by atoms with van der Waals surface area (Å²) < 4.78 is 0. The number of aryl methyl sites for hydroxylation is 1. The lowest BCUT2D eigenvalue weighted by Gasteiger charge is -2.25. The number of thiophene rings is 1. The highest BCUT2D eigenvalue weighted by molar-refractivity contribution is 7.10. The molecular formula is C15H25N3S. The van der Waals surface area contributed by atoms with E-state index < -0.39 is 0 Å². The zero-order chi connectivity index (χ0) is 13.7. The predicted octanol–water partition coefficient (Wildman–Crippen LogP) is 3.30. The van der Waals surface area contributed by atoms with E-state index in [9.17, 15) is 0 Å². The second-order valence-corrected chi connectivity index (χ2v) is 6.82. The Balaban J connectivity index is 1.79. The third-order valence-corrected chi connectivity index (χ3v) is 5.12. The molecule has 4 heteroatoms. The summed E-state index contributed by atoms with van der Waals surface area (Å²) >= 11 is 1.80. The largest absolute Gasteiger partial charge is 0.356 e. The summed E-state index contributed by atoms with van der Waals surface area (Å²) in [5, 5.41) is 9.02. The van der Waals surface area contributed by atoms with Gasteiger partial charge in [-0.3, -0.25) is 4.99 Å². The monoisotopic (exact) mass is 279 g/mol. The molecule has 1 aromatic heterocycles. The van der Waals surface area contributed by atoms with Crippen molar-refractivity contribution in [1.82, 2.24) is 10.6 Å². The first-order chi connectivity index (χ1) is 9.13. The van der Waals surface area contributed by atoms with Crippen molar-refractivity contribution in [2.45, 2.75) is 46.1 Å². The second-order valence-electron chi connectivity index (χ2n) is 5.82. The third-order valence-electron chi connectivity index (χ3n) is 4.10. The summed E-state index contributed by atoms with van der Waals surface area (Å²) in [4.78, 5) is 5.69. The lowest BCUT2D eigenvalue weighted by Crippen LogP contribution is -2.41. The van der Waals surface area contributed by atoms with Crippen LogP contribution in [0, 0.1) is 12.3 Å². The molecule has 3 nitrogen and oxygen atoms in total. The van der Waals surface area contributed by atoms with Gasteiger partial charge in [-0.15, -0.1) is 11.3 Å². The summed E-state index contributed by atoms with van der Waals surface area (Å²) in [6.45, 7) is 6.42. The van der Waals surface area contributed by atoms with E-state index in [-0.39, 0.29) is 0 Å². The molecule has 2 rings (SSSR count). The van der Waals surface area contributed by atoms with Crippen molar-refractivity contribution in [2.75, 3.05) is 13.6 Å². The number of guanidine groups is 1. The normalized spacial score (nSPS) is 18.6. The van der Waals surface area contributed by atoms with Crippen molar-refractivity contribution in [3.63, 3.8) is 0 Å². The summed E-state index contributed by atoms with van der Waals surface area (Å²) in [6, 6.07) is 2.16. The third kappa shape index (κ3) is 3.96. The van der Waals surface area contributed by atoms with Crippen molar-refractivity contribution in [2.24, 2.45) is 10.4 Å². The molecule has 106 valence electrons. The molecule has 0 atom stereocenters. The fraction of sp³-hybridized carbons (Fsp3) is 0.667. The van der Waals surface area contributed by atoms with Crippen LogP contribution < -0.4 is 10.6 Å². The molecule has 1 heterocycles. The van der Waals surface area contributed by atoms with Crippen molar-refractivity contribution < 1.29 is 0 Å². The second kappa shape index (κ2) is 6.42. The number of rotatable bonds is 4. The fourth-order valence-corrected chi connectivity index (χ4v) is 3.52. The zero-order valence-corrected chi connectivity index (χ0v) is 13.1. The van der Waals surface area contributed by atoms with Crippen LogP contribution in [0.2, 0.25) is 0 Å². The van der Waals surface area contributed by atoms with Crippen LogP contribution in [0.25, 0.3) is 0 Å². The maximum Gasteiger partial charge on any atom is 0.191 e. The van der Waals surface area contributed by atoms with Gasteiger partial charge in [0, 0.05) is 18.5 Å². The Kier molecular flexibility index (Phi) is 4.86. The predicted molar refractivity (Wildman–Crippen MR) is 83.8 cm³/mol. The van der Waals surface area contributed by atoms with Gasteiger partial charge < -0.3 is 10.6 Å². The Morgan fingerprint density at radius 2 is 2.11 bits per heavy atom. The van der Waals surface area contributed by atoms with Gasteiger partial charge in [0.05, 0.1) is 6.54 Å². The van der Waals surface area contributed by atoms with Crippen LogP contribution in [0.3, 0.4) is 0 Å². The smallest absolute Gasteiger partial charge is 0.191 e. The van der Waals surface area contributed by atoms with Crippen molar-refractivity contribution >= 4 is 17.3 Å². The molecule has 1 saturated carbocycles. The van der Waals surface area contributed by atoms with E-state index in [2.05, 4.69) is 40.9 Å². The van der Waals surface area contributed by atoms with Gasteiger partial charge in [-0.05, 0) is 42.2 Å². The molecule has 0 saturated heterocycles. The summed E-state index contributed by atoms with van der Waals surface area (Å²) in [5.41, 5.74) is 1.81.